The van der Waals surface area contributed by atoms with Crippen molar-refractivity contribution >= 4 is 31.3 Å². The third-order valence-electron chi connectivity index (χ3n) is 2.70. The van der Waals surface area contributed by atoms with E-state index < -0.39 is 8.32 Å². The zero-order valence-electron chi connectivity index (χ0n) is 9.63. The van der Waals surface area contributed by atoms with Gasteiger partial charge in [-0.15, -0.1) is 0 Å². The molecule has 0 saturated carbocycles. The molecule has 0 aliphatic rings. The summed E-state index contributed by atoms with van der Waals surface area (Å²) in [5, 5.41) is 9.00. The molecule has 86 valence electrons. The van der Waals surface area contributed by atoms with Crippen molar-refractivity contribution in [2.45, 2.75) is 51.6 Å². The molecule has 0 aliphatic heterocycles. The molecule has 0 amide bonds. The molecule has 0 aromatic carbocycles. The third-order valence-corrected chi connectivity index (χ3v) is 7.73. The van der Waals surface area contributed by atoms with Gasteiger partial charge in [0.15, 0.2) is 14.6 Å². The van der Waals surface area contributed by atoms with Gasteiger partial charge < -0.3 is 9.53 Å². The van der Waals surface area contributed by atoms with Gasteiger partial charge >= 0.3 is 0 Å². The molecule has 14 heavy (non-hydrogen) atoms. The van der Waals surface area contributed by atoms with Gasteiger partial charge in [0.1, 0.15) is 23.0 Å². The first kappa shape index (κ1) is 14.8. The number of hydrogen-bond acceptors (Lipinski definition) is 3. The maximum Gasteiger partial charge on any atom is 0.195 e. The van der Waals surface area contributed by atoms with Crippen molar-refractivity contribution in [2.75, 3.05) is 6.61 Å². The molecular formula is C9H21IO3Si. The first-order valence-corrected chi connectivity index (χ1v) is 8.59. The second-order valence-corrected chi connectivity index (χ2v) is 10.2. The van der Waals surface area contributed by atoms with Crippen LogP contribution >= 0.6 is 23.0 Å². The van der Waals surface area contributed by atoms with Crippen LogP contribution in [0, 0.1) is 0 Å². The minimum atomic E-state index is -1.77. The van der Waals surface area contributed by atoms with E-state index in [-0.39, 0.29) is 17.9 Å². The van der Waals surface area contributed by atoms with E-state index in [9.17, 15) is 0 Å². The second kappa shape index (κ2) is 5.79. The Hall–Kier alpha value is 0.827. The SMILES string of the molecule is CC(C)(C)[Si](C)(C)O[C@@H](CCO)OI. The molecule has 0 fully saturated rings. The van der Waals surface area contributed by atoms with Crippen molar-refractivity contribution in [3.8, 4) is 0 Å². The average molecular weight is 332 g/mol. The van der Waals surface area contributed by atoms with E-state index in [4.69, 9.17) is 12.6 Å². The molecular weight excluding hydrogens is 311 g/mol. The van der Waals surface area contributed by atoms with E-state index in [0.29, 0.717) is 6.42 Å². The zero-order chi connectivity index (χ0) is 11.4. The Bertz CT molecular complexity index is 168. The fourth-order valence-corrected chi connectivity index (χ4v) is 2.46. The molecule has 1 atom stereocenters. The zero-order valence-corrected chi connectivity index (χ0v) is 12.8. The molecule has 0 aliphatic carbocycles. The Labute approximate surface area is 102 Å². The highest BCUT2D eigenvalue weighted by atomic mass is 127. The maximum absolute atomic E-state index is 8.82. The Morgan fingerprint density at radius 3 is 2.14 bits per heavy atom. The van der Waals surface area contributed by atoms with Crippen molar-refractivity contribution < 1.29 is 12.6 Å². The van der Waals surface area contributed by atoms with Crippen LogP contribution in [0.2, 0.25) is 18.1 Å². The van der Waals surface area contributed by atoms with Gasteiger partial charge in [-0.25, -0.2) is 0 Å². The maximum atomic E-state index is 8.82. The Kier molecular flexibility index (Phi) is 6.13. The van der Waals surface area contributed by atoms with Crippen molar-refractivity contribution in [1.29, 1.82) is 0 Å². The standard InChI is InChI=1S/C9H21IO3Si/c1-9(2,3)14(4,5)13-8(12-10)6-7-11/h8,11H,6-7H2,1-5H3/t8-/m0/s1. The number of rotatable bonds is 5. The topological polar surface area (TPSA) is 38.7 Å². The fourth-order valence-electron chi connectivity index (χ4n) is 0.732. The quantitative estimate of drug-likeness (QED) is 0.478. The molecule has 1 N–H and O–H groups in total. The molecule has 5 heteroatoms. The molecule has 0 aromatic heterocycles. The van der Waals surface area contributed by atoms with Gasteiger partial charge in [-0.2, -0.15) is 0 Å². The highest BCUT2D eigenvalue weighted by molar-refractivity contribution is 14.1. The molecule has 0 saturated heterocycles. The number of halogens is 1. The van der Waals surface area contributed by atoms with Crippen LogP contribution in [-0.4, -0.2) is 26.3 Å². The third kappa shape index (κ3) is 4.56. The number of aliphatic hydroxyl groups is 1. The van der Waals surface area contributed by atoms with E-state index in [1.807, 2.05) is 23.0 Å². The minimum absolute atomic E-state index is 0.0995. The van der Waals surface area contributed by atoms with Crippen LogP contribution in [0.4, 0.5) is 0 Å². The first-order valence-electron chi connectivity index (χ1n) is 4.80. The van der Waals surface area contributed by atoms with Crippen molar-refractivity contribution in [2.24, 2.45) is 0 Å². The van der Waals surface area contributed by atoms with Gasteiger partial charge in [0, 0.05) is 13.0 Å². The predicted molar refractivity (Wildman–Crippen MR) is 68.9 cm³/mol. The average Bonchev–Trinajstić information content (AvgIpc) is 2.01. The lowest BCUT2D eigenvalue weighted by Crippen LogP contribution is -2.44. The van der Waals surface area contributed by atoms with Crippen LogP contribution in [0.5, 0.6) is 0 Å². The molecule has 0 rings (SSSR count). The molecule has 0 unspecified atom stereocenters. The lowest BCUT2D eigenvalue weighted by molar-refractivity contribution is 0.00984. The summed E-state index contributed by atoms with van der Waals surface area (Å²) in [4.78, 5) is 0. The van der Waals surface area contributed by atoms with Gasteiger partial charge in [-0.05, 0) is 18.1 Å². The normalized spacial score (nSPS) is 15.6. The van der Waals surface area contributed by atoms with Gasteiger partial charge in [-0.3, -0.25) is 3.07 Å². The van der Waals surface area contributed by atoms with Crippen LogP contribution in [-0.2, 0) is 7.49 Å². The summed E-state index contributed by atoms with van der Waals surface area (Å²) in [5.41, 5.74) is 0. The summed E-state index contributed by atoms with van der Waals surface area (Å²) in [6.45, 7) is 11.0. The summed E-state index contributed by atoms with van der Waals surface area (Å²) >= 11 is 1.83. The number of aliphatic hydroxyl groups excluding tert-OH is 1. The summed E-state index contributed by atoms with van der Waals surface area (Å²) < 4.78 is 11.1. The molecule has 0 aromatic rings. The Balaban J connectivity index is 4.32. The van der Waals surface area contributed by atoms with Crippen LogP contribution < -0.4 is 0 Å². The fraction of sp³-hybridized carbons (Fsp3) is 1.00. The summed E-state index contributed by atoms with van der Waals surface area (Å²) in [7, 11) is -1.77. The Morgan fingerprint density at radius 1 is 1.36 bits per heavy atom. The van der Waals surface area contributed by atoms with E-state index in [0.717, 1.165) is 0 Å². The summed E-state index contributed by atoms with van der Waals surface area (Å²) in [6.07, 6.45) is 0.261. The highest BCUT2D eigenvalue weighted by Gasteiger charge is 2.39. The van der Waals surface area contributed by atoms with E-state index >= 15 is 0 Å². The van der Waals surface area contributed by atoms with E-state index in [1.54, 1.807) is 0 Å². The van der Waals surface area contributed by atoms with Gasteiger partial charge in [0.25, 0.3) is 0 Å². The first-order chi connectivity index (χ1) is 6.24. The van der Waals surface area contributed by atoms with Gasteiger partial charge in [0.05, 0.1) is 0 Å². The monoisotopic (exact) mass is 332 g/mol. The summed E-state index contributed by atoms with van der Waals surface area (Å²) in [6, 6.07) is 0. The molecule has 0 heterocycles. The molecule has 3 nitrogen and oxygen atoms in total. The smallest absolute Gasteiger partial charge is 0.195 e. The largest absolute Gasteiger partial charge is 0.396 e. The molecule has 0 radical (unpaired) electrons. The summed E-state index contributed by atoms with van der Waals surface area (Å²) in [5.74, 6) is 0. The predicted octanol–water partition coefficient (Wildman–Crippen LogP) is 3.08. The van der Waals surface area contributed by atoms with Crippen molar-refractivity contribution in [1.82, 2.24) is 0 Å². The Morgan fingerprint density at radius 2 is 1.86 bits per heavy atom. The van der Waals surface area contributed by atoms with E-state index in [2.05, 4.69) is 33.9 Å². The van der Waals surface area contributed by atoms with Crippen LogP contribution in [0.15, 0.2) is 0 Å². The van der Waals surface area contributed by atoms with Crippen molar-refractivity contribution in [3.63, 3.8) is 0 Å². The van der Waals surface area contributed by atoms with Crippen LogP contribution in [0.1, 0.15) is 27.2 Å². The van der Waals surface area contributed by atoms with Crippen LogP contribution in [0.3, 0.4) is 0 Å². The number of hydrogen-bond donors (Lipinski definition) is 1. The minimum Gasteiger partial charge on any atom is -0.396 e. The van der Waals surface area contributed by atoms with Crippen LogP contribution in [0.25, 0.3) is 0 Å². The lowest BCUT2D eigenvalue weighted by Gasteiger charge is -2.38. The van der Waals surface area contributed by atoms with E-state index in [1.165, 1.54) is 0 Å². The van der Waals surface area contributed by atoms with Gasteiger partial charge in [0.2, 0.25) is 0 Å². The molecule has 0 spiro atoms. The van der Waals surface area contributed by atoms with Gasteiger partial charge in [-0.1, -0.05) is 20.8 Å². The molecule has 0 bridgehead atoms. The van der Waals surface area contributed by atoms with Crippen molar-refractivity contribution in [3.05, 3.63) is 0 Å². The highest BCUT2D eigenvalue weighted by Crippen LogP contribution is 2.37. The lowest BCUT2D eigenvalue weighted by atomic mass is 10.2. The second-order valence-electron chi connectivity index (χ2n) is 4.91.